The number of nitrogens with one attached hydrogen (secondary N) is 2. The molecule has 0 bridgehead atoms. The molecule has 1 unspecified atom stereocenters. The van der Waals surface area contributed by atoms with E-state index in [9.17, 15) is 0 Å². The van der Waals surface area contributed by atoms with Gasteiger partial charge in [0, 0.05) is 18.8 Å². The topological polar surface area (TPSA) is 74.1 Å². The van der Waals surface area contributed by atoms with Crippen LogP contribution in [0.4, 0.5) is 17.7 Å². The molecule has 7 heteroatoms. The Balaban J connectivity index is 1.55. The van der Waals surface area contributed by atoms with E-state index >= 15 is 0 Å². The zero-order chi connectivity index (χ0) is 18.2. The molecular formula is C20H21N7. The highest BCUT2D eigenvalue weighted by Gasteiger charge is 2.28. The molecule has 0 spiro atoms. The summed E-state index contributed by atoms with van der Waals surface area (Å²) in [5.41, 5.74) is 3.12. The van der Waals surface area contributed by atoms with E-state index in [0.29, 0.717) is 6.04 Å². The van der Waals surface area contributed by atoms with Gasteiger partial charge in [0.2, 0.25) is 11.9 Å². The van der Waals surface area contributed by atoms with Crippen LogP contribution in [0.5, 0.6) is 0 Å². The second-order valence-electron chi connectivity index (χ2n) is 6.89. The summed E-state index contributed by atoms with van der Waals surface area (Å²) < 4.78 is 1.95. The highest BCUT2D eigenvalue weighted by molar-refractivity contribution is 5.57. The van der Waals surface area contributed by atoms with Gasteiger partial charge in [0.1, 0.15) is 11.5 Å². The van der Waals surface area contributed by atoms with Gasteiger partial charge in [-0.25, -0.2) is 0 Å². The lowest BCUT2D eigenvalue weighted by Crippen LogP contribution is -2.25. The van der Waals surface area contributed by atoms with Crippen LogP contribution in [-0.2, 0) is 0 Å². The van der Waals surface area contributed by atoms with Crippen molar-refractivity contribution in [3.63, 3.8) is 0 Å². The van der Waals surface area contributed by atoms with Crippen LogP contribution in [0.15, 0.2) is 54.7 Å². The fraction of sp³-hybridized carbons (Fsp3) is 0.250. The number of fused-ring (bicyclic) bond motifs is 1. The minimum Gasteiger partial charge on any atom is -0.334 e. The highest BCUT2D eigenvalue weighted by atomic mass is 15.3. The van der Waals surface area contributed by atoms with Gasteiger partial charge >= 0.3 is 0 Å². The maximum absolute atomic E-state index is 4.85. The first kappa shape index (κ1) is 15.9. The van der Waals surface area contributed by atoms with E-state index in [0.717, 1.165) is 48.4 Å². The Hall–Kier alpha value is -3.35. The van der Waals surface area contributed by atoms with Crippen LogP contribution in [-0.4, -0.2) is 31.1 Å². The van der Waals surface area contributed by atoms with Crippen molar-refractivity contribution in [2.45, 2.75) is 25.8 Å². The molecule has 0 saturated carbocycles. The van der Waals surface area contributed by atoms with Gasteiger partial charge in [-0.15, -0.1) is 0 Å². The standard InChI is InChI=1S/C20H21N7/c1-14-13-17(25-24-14)21-19-23-20(22-18-10-6-12-27(18)19)26-11-5-9-16(26)15-7-3-2-4-8-15/h2-4,6-8,10,12-13,16H,5,9,11H2,1H3,(H2,21,22,23,24,25). The number of nitrogens with zero attached hydrogens (tertiary/aromatic N) is 5. The summed E-state index contributed by atoms with van der Waals surface area (Å²) >= 11 is 0. The van der Waals surface area contributed by atoms with Crippen molar-refractivity contribution in [2.24, 2.45) is 0 Å². The van der Waals surface area contributed by atoms with Crippen LogP contribution >= 0.6 is 0 Å². The smallest absolute Gasteiger partial charge is 0.231 e. The summed E-state index contributed by atoms with van der Waals surface area (Å²) in [6.07, 6.45) is 4.21. The number of aromatic nitrogens is 5. The fourth-order valence-electron chi connectivity index (χ4n) is 3.77. The van der Waals surface area contributed by atoms with Crippen LogP contribution in [0, 0.1) is 6.92 Å². The molecular weight excluding hydrogens is 338 g/mol. The van der Waals surface area contributed by atoms with Crippen LogP contribution in [0.1, 0.15) is 30.1 Å². The number of anilines is 3. The highest BCUT2D eigenvalue weighted by Crippen LogP contribution is 2.35. The third-order valence-electron chi connectivity index (χ3n) is 5.02. The van der Waals surface area contributed by atoms with E-state index in [4.69, 9.17) is 9.97 Å². The van der Waals surface area contributed by atoms with Gasteiger partial charge in [-0.1, -0.05) is 30.3 Å². The lowest BCUT2D eigenvalue weighted by molar-refractivity contribution is 0.701. The molecule has 1 fully saturated rings. The van der Waals surface area contributed by atoms with Gasteiger partial charge in [0.25, 0.3) is 0 Å². The molecule has 2 N–H and O–H groups in total. The van der Waals surface area contributed by atoms with E-state index in [1.807, 2.05) is 35.7 Å². The molecule has 4 aromatic rings. The Morgan fingerprint density at radius 2 is 2.00 bits per heavy atom. The van der Waals surface area contributed by atoms with Crippen molar-refractivity contribution in [1.29, 1.82) is 0 Å². The number of rotatable bonds is 4. The van der Waals surface area contributed by atoms with Crippen LogP contribution in [0.25, 0.3) is 5.65 Å². The lowest BCUT2D eigenvalue weighted by Gasteiger charge is -2.25. The van der Waals surface area contributed by atoms with Crippen molar-refractivity contribution in [3.8, 4) is 0 Å². The molecule has 3 aromatic heterocycles. The van der Waals surface area contributed by atoms with Gasteiger partial charge < -0.3 is 10.2 Å². The maximum atomic E-state index is 4.85. The van der Waals surface area contributed by atoms with Crippen molar-refractivity contribution in [1.82, 2.24) is 24.6 Å². The zero-order valence-electron chi connectivity index (χ0n) is 15.1. The average molecular weight is 359 g/mol. The third kappa shape index (κ3) is 2.91. The molecule has 1 saturated heterocycles. The molecule has 4 heterocycles. The van der Waals surface area contributed by atoms with Crippen molar-refractivity contribution in [3.05, 3.63) is 66.0 Å². The molecule has 1 atom stereocenters. The Morgan fingerprint density at radius 3 is 2.81 bits per heavy atom. The Kier molecular flexibility index (Phi) is 3.78. The van der Waals surface area contributed by atoms with Gasteiger partial charge in [0.05, 0.1) is 11.7 Å². The molecule has 0 radical (unpaired) electrons. The third-order valence-corrected chi connectivity index (χ3v) is 5.02. The largest absolute Gasteiger partial charge is 0.334 e. The number of benzene rings is 1. The first-order valence-electron chi connectivity index (χ1n) is 9.24. The van der Waals surface area contributed by atoms with Gasteiger partial charge in [0.15, 0.2) is 0 Å². The van der Waals surface area contributed by atoms with Crippen LogP contribution in [0.2, 0.25) is 0 Å². The van der Waals surface area contributed by atoms with E-state index in [2.05, 4.69) is 50.7 Å². The van der Waals surface area contributed by atoms with E-state index in [1.54, 1.807) is 0 Å². The van der Waals surface area contributed by atoms with E-state index < -0.39 is 0 Å². The summed E-state index contributed by atoms with van der Waals surface area (Å²) in [7, 11) is 0. The summed E-state index contributed by atoms with van der Waals surface area (Å²) in [5.74, 6) is 2.29. The predicted octanol–water partition coefficient (Wildman–Crippen LogP) is 3.85. The fourth-order valence-corrected chi connectivity index (χ4v) is 3.77. The second kappa shape index (κ2) is 6.42. The average Bonchev–Trinajstić information content (AvgIpc) is 3.42. The number of aromatic amines is 1. The second-order valence-corrected chi connectivity index (χ2v) is 6.89. The minimum atomic E-state index is 0.311. The van der Waals surface area contributed by atoms with Gasteiger partial charge in [-0.3, -0.25) is 9.50 Å². The van der Waals surface area contributed by atoms with Crippen LogP contribution in [0.3, 0.4) is 0 Å². The first-order valence-corrected chi connectivity index (χ1v) is 9.24. The molecule has 5 rings (SSSR count). The monoisotopic (exact) mass is 359 g/mol. The molecule has 0 aliphatic carbocycles. The molecule has 136 valence electrons. The quantitative estimate of drug-likeness (QED) is 0.579. The maximum Gasteiger partial charge on any atom is 0.231 e. The summed E-state index contributed by atoms with van der Waals surface area (Å²) in [5, 5.41) is 10.5. The van der Waals surface area contributed by atoms with Gasteiger partial charge in [-0.2, -0.15) is 15.1 Å². The molecule has 1 aliphatic heterocycles. The predicted molar refractivity (Wildman–Crippen MR) is 105 cm³/mol. The summed E-state index contributed by atoms with van der Waals surface area (Å²) in [4.78, 5) is 12.0. The van der Waals surface area contributed by atoms with Crippen molar-refractivity contribution in [2.75, 3.05) is 16.8 Å². The Labute approximate surface area is 157 Å². The van der Waals surface area contributed by atoms with E-state index in [1.165, 1.54) is 5.56 Å². The number of hydrogen-bond acceptors (Lipinski definition) is 5. The lowest BCUT2D eigenvalue weighted by atomic mass is 10.1. The zero-order valence-corrected chi connectivity index (χ0v) is 15.1. The molecule has 1 aliphatic rings. The van der Waals surface area contributed by atoms with Gasteiger partial charge in [-0.05, 0) is 37.5 Å². The normalized spacial score (nSPS) is 16.9. The number of aryl methyl sites for hydroxylation is 1. The van der Waals surface area contributed by atoms with Crippen LogP contribution < -0.4 is 10.2 Å². The summed E-state index contributed by atoms with van der Waals surface area (Å²) in [6.45, 7) is 2.91. The first-order chi connectivity index (χ1) is 13.3. The molecule has 1 aromatic carbocycles. The summed E-state index contributed by atoms with van der Waals surface area (Å²) in [6, 6.07) is 16.9. The molecule has 0 amide bonds. The van der Waals surface area contributed by atoms with Crippen molar-refractivity contribution < 1.29 is 0 Å². The molecule has 7 nitrogen and oxygen atoms in total. The number of H-pyrrole nitrogens is 1. The minimum absolute atomic E-state index is 0.311. The van der Waals surface area contributed by atoms with Crippen molar-refractivity contribution >= 4 is 23.4 Å². The Bertz CT molecular complexity index is 1070. The number of hydrogen-bond donors (Lipinski definition) is 2. The van der Waals surface area contributed by atoms with E-state index in [-0.39, 0.29) is 0 Å². The Morgan fingerprint density at radius 1 is 1.11 bits per heavy atom. The molecule has 27 heavy (non-hydrogen) atoms. The SMILES string of the molecule is Cc1cc(Nc2nc(N3CCCC3c3ccccc3)nc3cccn23)[nH]n1.